The minimum absolute atomic E-state index is 0.00762. The van der Waals surface area contributed by atoms with Gasteiger partial charge in [-0.15, -0.1) is 0 Å². The molecule has 0 aliphatic heterocycles. The van der Waals surface area contributed by atoms with Gasteiger partial charge in [0, 0.05) is 19.8 Å². The molecule has 0 aromatic carbocycles. The summed E-state index contributed by atoms with van der Waals surface area (Å²) in [5.74, 6) is 0.765. The predicted octanol–water partition coefficient (Wildman–Crippen LogP) is 2.34. The Morgan fingerprint density at radius 2 is 2.18 bits per heavy atom. The number of nitrogens with one attached hydrogen (secondary N) is 2. The Bertz CT molecular complexity index is 418. The predicted molar refractivity (Wildman–Crippen MR) is 73.0 cm³/mol. The van der Waals surface area contributed by atoms with Crippen LogP contribution in [0.1, 0.15) is 19.4 Å². The largest absolute Gasteiger partial charge is 0.368 e. The smallest absolute Gasteiger partial charge is 0.227 e. The van der Waals surface area contributed by atoms with Gasteiger partial charge in [0.2, 0.25) is 5.91 Å². The standard InChI is InChI=1S/C12H18BrN3O/c1-8-5-9(13)10(15-6-8)16-7-12(2,3)11(17)14-4/h5-6H,7H2,1-4H3,(H,14,17)(H,15,16). The van der Waals surface area contributed by atoms with Crippen molar-refractivity contribution < 1.29 is 4.79 Å². The van der Waals surface area contributed by atoms with Crippen molar-refractivity contribution in [2.24, 2.45) is 5.41 Å². The van der Waals surface area contributed by atoms with Gasteiger partial charge < -0.3 is 10.6 Å². The number of carbonyl (C=O) groups is 1. The summed E-state index contributed by atoms with van der Waals surface area (Å²) in [7, 11) is 1.64. The summed E-state index contributed by atoms with van der Waals surface area (Å²) >= 11 is 3.44. The molecule has 1 amide bonds. The second-order valence-corrected chi connectivity index (χ2v) is 5.51. The van der Waals surface area contributed by atoms with Crippen molar-refractivity contribution in [2.45, 2.75) is 20.8 Å². The summed E-state index contributed by atoms with van der Waals surface area (Å²) in [5.41, 5.74) is 0.619. The molecule has 0 spiro atoms. The number of nitrogens with zero attached hydrogens (tertiary/aromatic N) is 1. The Kier molecular flexibility index (Phi) is 4.51. The molecule has 17 heavy (non-hydrogen) atoms. The van der Waals surface area contributed by atoms with Crippen molar-refractivity contribution in [2.75, 3.05) is 18.9 Å². The summed E-state index contributed by atoms with van der Waals surface area (Å²) < 4.78 is 0.908. The van der Waals surface area contributed by atoms with Crippen LogP contribution < -0.4 is 10.6 Å². The number of halogens is 1. The van der Waals surface area contributed by atoms with E-state index >= 15 is 0 Å². The summed E-state index contributed by atoms with van der Waals surface area (Å²) in [6, 6.07) is 1.99. The van der Waals surface area contributed by atoms with Gasteiger partial charge in [-0.05, 0) is 48.3 Å². The van der Waals surface area contributed by atoms with E-state index in [-0.39, 0.29) is 5.91 Å². The Morgan fingerprint density at radius 1 is 1.53 bits per heavy atom. The highest BCUT2D eigenvalue weighted by Crippen LogP contribution is 2.23. The number of hydrogen-bond donors (Lipinski definition) is 2. The molecule has 0 fully saturated rings. The first kappa shape index (κ1) is 14.0. The van der Waals surface area contributed by atoms with Gasteiger partial charge in [0.15, 0.2) is 0 Å². The SMILES string of the molecule is CNC(=O)C(C)(C)CNc1ncc(C)cc1Br. The second kappa shape index (κ2) is 5.49. The van der Waals surface area contributed by atoms with Crippen molar-refractivity contribution in [1.82, 2.24) is 10.3 Å². The number of hydrogen-bond acceptors (Lipinski definition) is 3. The molecule has 4 nitrogen and oxygen atoms in total. The molecule has 0 unspecified atom stereocenters. The van der Waals surface area contributed by atoms with Gasteiger partial charge in [-0.2, -0.15) is 0 Å². The van der Waals surface area contributed by atoms with Crippen LogP contribution in [0, 0.1) is 12.3 Å². The molecule has 0 aliphatic carbocycles. The van der Waals surface area contributed by atoms with E-state index in [9.17, 15) is 4.79 Å². The molecule has 0 saturated carbocycles. The molecular formula is C12H18BrN3O. The molecule has 1 heterocycles. The normalized spacial score (nSPS) is 11.1. The molecule has 1 aromatic rings. The maximum Gasteiger partial charge on any atom is 0.227 e. The number of amides is 1. The fourth-order valence-electron chi connectivity index (χ4n) is 1.39. The lowest BCUT2D eigenvalue weighted by Crippen LogP contribution is -2.39. The molecule has 2 N–H and O–H groups in total. The van der Waals surface area contributed by atoms with Crippen LogP contribution in [-0.4, -0.2) is 24.5 Å². The van der Waals surface area contributed by atoms with E-state index in [1.165, 1.54) is 0 Å². The lowest BCUT2D eigenvalue weighted by molar-refractivity contribution is -0.128. The van der Waals surface area contributed by atoms with Gasteiger partial charge in [0.1, 0.15) is 5.82 Å². The lowest BCUT2D eigenvalue weighted by Gasteiger charge is -2.23. The van der Waals surface area contributed by atoms with E-state index in [0.29, 0.717) is 6.54 Å². The zero-order valence-electron chi connectivity index (χ0n) is 10.6. The minimum Gasteiger partial charge on any atom is -0.368 e. The van der Waals surface area contributed by atoms with Crippen molar-refractivity contribution in [1.29, 1.82) is 0 Å². The van der Waals surface area contributed by atoms with Gasteiger partial charge in [-0.1, -0.05) is 0 Å². The first-order valence-electron chi connectivity index (χ1n) is 5.45. The van der Waals surface area contributed by atoms with Crippen LogP contribution in [0.5, 0.6) is 0 Å². The highest BCUT2D eigenvalue weighted by Gasteiger charge is 2.26. The fraction of sp³-hybridized carbons (Fsp3) is 0.500. The second-order valence-electron chi connectivity index (χ2n) is 4.66. The number of pyridine rings is 1. The summed E-state index contributed by atoms with van der Waals surface area (Å²) in [6.07, 6.45) is 1.79. The quantitative estimate of drug-likeness (QED) is 0.897. The van der Waals surface area contributed by atoms with Gasteiger partial charge >= 0.3 is 0 Å². The molecule has 0 aliphatic rings. The molecule has 0 radical (unpaired) electrons. The average molecular weight is 300 g/mol. The highest BCUT2D eigenvalue weighted by molar-refractivity contribution is 9.10. The number of rotatable bonds is 4. The zero-order valence-corrected chi connectivity index (χ0v) is 12.2. The van der Waals surface area contributed by atoms with E-state index in [0.717, 1.165) is 15.9 Å². The molecule has 1 rings (SSSR count). The summed E-state index contributed by atoms with van der Waals surface area (Å²) in [4.78, 5) is 15.9. The Hall–Kier alpha value is -1.10. The van der Waals surface area contributed by atoms with Crippen LogP contribution in [0.3, 0.4) is 0 Å². The minimum atomic E-state index is -0.471. The van der Waals surface area contributed by atoms with E-state index in [1.807, 2.05) is 26.8 Å². The highest BCUT2D eigenvalue weighted by atomic mass is 79.9. The Morgan fingerprint density at radius 3 is 2.71 bits per heavy atom. The van der Waals surface area contributed by atoms with Crippen LogP contribution >= 0.6 is 15.9 Å². The number of anilines is 1. The molecule has 0 saturated heterocycles. The van der Waals surface area contributed by atoms with E-state index in [2.05, 4.69) is 31.5 Å². The summed E-state index contributed by atoms with van der Waals surface area (Å²) in [6.45, 7) is 6.29. The van der Waals surface area contributed by atoms with Crippen LogP contribution in [0.4, 0.5) is 5.82 Å². The molecule has 1 aromatic heterocycles. The molecule has 0 atom stereocenters. The summed E-state index contributed by atoms with van der Waals surface area (Å²) in [5, 5.41) is 5.83. The van der Waals surface area contributed by atoms with Crippen LogP contribution in [0.15, 0.2) is 16.7 Å². The maximum absolute atomic E-state index is 11.6. The lowest BCUT2D eigenvalue weighted by atomic mass is 9.92. The first-order chi connectivity index (χ1) is 7.86. The zero-order chi connectivity index (χ0) is 13.1. The van der Waals surface area contributed by atoms with Crippen molar-refractivity contribution in [3.8, 4) is 0 Å². The Balaban J connectivity index is 2.70. The first-order valence-corrected chi connectivity index (χ1v) is 6.24. The molecule has 0 bridgehead atoms. The molecule has 5 heteroatoms. The van der Waals surface area contributed by atoms with Crippen LogP contribution in [-0.2, 0) is 4.79 Å². The van der Waals surface area contributed by atoms with Gasteiger partial charge in [-0.25, -0.2) is 4.98 Å². The van der Waals surface area contributed by atoms with E-state index in [4.69, 9.17) is 0 Å². The van der Waals surface area contributed by atoms with Crippen LogP contribution in [0.25, 0.3) is 0 Å². The third-order valence-electron chi connectivity index (χ3n) is 2.52. The maximum atomic E-state index is 11.6. The van der Waals surface area contributed by atoms with Crippen LogP contribution in [0.2, 0.25) is 0 Å². The Labute approximate surface area is 110 Å². The van der Waals surface area contributed by atoms with Gasteiger partial charge in [-0.3, -0.25) is 4.79 Å². The van der Waals surface area contributed by atoms with E-state index in [1.54, 1.807) is 13.2 Å². The number of aryl methyl sites for hydroxylation is 1. The van der Waals surface area contributed by atoms with Crippen molar-refractivity contribution in [3.05, 3.63) is 22.3 Å². The molecule has 94 valence electrons. The fourth-order valence-corrected chi connectivity index (χ4v) is 1.99. The van der Waals surface area contributed by atoms with Crippen molar-refractivity contribution >= 4 is 27.7 Å². The number of aromatic nitrogens is 1. The number of carbonyl (C=O) groups excluding carboxylic acids is 1. The van der Waals surface area contributed by atoms with Gasteiger partial charge in [0.05, 0.1) is 9.89 Å². The monoisotopic (exact) mass is 299 g/mol. The third kappa shape index (κ3) is 3.70. The van der Waals surface area contributed by atoms with Crippen molar-refractivity contribution in [3.63, 3.8) is 0 Å². The van der Waals surface area contributed by atoms with Gasteiger partial charge in [0.25, 0.3) is 0 Å². The van der Waals surface area contributed by atoms with E-state index < -0.39 is 5.41 Å². The third-order valence-corrected chi connectivity index (χ3v) is 3.12. The molecular weight excluding hydrogens is 282 g/mol. The topological polar surface area (TPSA) is 54.0 Å². The average Bonchev–Trinajstić information content (AvgIpc) is 2.26.